The summed E-state index contributed by atoms with van der Waals surface area (Å²) in [5.74, 6) is 0. The van der Waals surface area contributed by atoms with Gasteiger partial charge in [0, 0.05) is 12.3 Å². The number of aliphatic imine (C=N–C) groups is 1. The Balaban J connectivity index is 2.17. The van der Waals surface area contributed by atoms with Gasteiger partial charge in [-0.2, -0.15) is 0 Å². The van der Waals surface area contributed by atoms with Crippen molar-refractivity contribution in [2.75, 3.05) is 0 Å². The van der Waals surface area contributed by atoms with Crippen molar-refractivity contribution in [2.45, 2.75) is 4.90 Å². The summed E-state index contributed by atoms with van der Waals surface area (Å²) < 4.78 is 22.1. The molecule has 104 valence electrons. The second kappa shape index (κ2) is 5.49. The number of nitrogens with two attached hydrogens (primary N) is 1. The van der Waals surface area contributed by atoms with Crippen LogP contribution in [-0.2, 0) is 10.0 Å². The van der Waals surface area contributed by atoms with E-state index in [0.717, 1.165) is 11.3 Å². The Morgan fingerprint density at radius 2 is 1.85 bits per heavy atom. The average Bonchev–Trinajstić information content (AvgIpc) is 2.85. The molecule has 0 spiro atoms. The highest BCUT2D eigenvalue weighted by atomic mass is 32.2. The third-order valence-corrected chi connectivity index (χ3v) is 4.20. The highest BCUT2D eigenvalue weighted by molar-refractivity contribution is 7.89. The summed E-state index contributed by atoms with van der Waals surface area (Å²) in [7, 11) is -3.72. The first kappa shape index (κ1) is 14.3. The normalized spacial score (nSPS) is 11.8. The first-order chi connectivity index (χ1) is 9.36. The van der Waals surface area contributed by atoms with E-state index in [1.807, 2.05) is 0 Å². The van der Waals surface area contributed by atoms with Crippen molar-refractivity contribution in [3.63, 3.8) is 0 Å². The zero-order valence-corrected chi connectivity index (χ0v) is 11.6. The maximum atomic E-state index is 11.1. The van der Waals surface area contributed by atoms with E-state index < -0.39 is 14.9 Å². The topological polar surface area (TPSA) is 116 Å². The lowest BCUT2D eigenvalue weighted by Crippen LogP contribution is -2.11. The van der Waals surface area contributed by atoms with Gasteiger partial charge in [0.05, 0.1) is 20.4 Å². The Morgan fingerprint density at radius 1 is 1.20 bits per heavy atom. The molecule has 0 amide bonds. The average molecular weight is 311 g/mol. The molecule has 2 rings (SSSR count). The van der Waals surface area contributed by atoms with Crippen LogP contribution in [0.25, 0.3) is 0 Å². The van der Waals surface area contributed by atoms with Gasteiger partial charge in [0.15, 0.2) is 0 Å². The fourth-order valence-electron chi connectivity index (χ4n) is 1.37. The fraction of sp³-hybridized carbons (Fsp3) is 0. The molecule has 0 aliphatic rings. The van der Waals surface area contributed by atoms with Crippen molar-refractivity contribution in [2.24, 2.45) is 10.1 Å². The number of nitrogens with zero attached hydrogens (tertiary/aromatic N) is 2. The molecule has 0 bridgehead atoms. The number of thiophene rings is 1. The summed E-state index contributed by atoms with van der Waals surface area (Å²) in [5, 5.41) is 15.5. The van der Waals surface area contributed by atoms with Crippen molar-refractivity contribution in [3.8, 4) is 0 Å². The van der Waals surface area contributed by atoms with Gasteiger partial charge in [0.1, 0.15) is 0 Å². The van der Waals surface area contributed by atoms with E-state index in [0.29, 0.717) is 10.6 Å². The van der Waals surface area contributed by atoms with Gasteiger partial charge in [0.2, 0.25) is 10.0 Å². The molecule has 2 aromatic rings. The van der Waals surface area contributed by atoms with Crippen LogP contribution in [0.15, 0.2) is 46.3 Å². The van der Waals surface area contributed by atoms with Gasteiger partial charge in [-0.1, -0.05) is 11.3 Å². The number of hydrogen-bond donors (Lipinski definition) is 1. The van der Waals surface area contributed by atoms with Crippen LogP contribution in [0, 0.1) is 10.1 Å². The molecule has 0 aliphatic heterocycles. The quantitative estimate of drug-likeness (QED) is 0.528. The maximum absolute atomic E-state index is 11.1. The van der Waals surface area contributed by atoms with Crippen LogP contribution in [0.5, 0.6) is 0 Å². The first-order valence-electron chi connectivity index (χ1n) is 5.27. The second-order valence-electron chi connectivity index (χ2n) is 3.73. The van der Waals surface area contributed by atoms with Crippen LogP contribution in [0.1, 0.15) is 4.88 Å². The molecule has 0 aliphatic carbocycles. The van der Waals surface area contributed by atoms with Crippen LogP contribution in [0.4, 0.5) is 10.7 Å². The molecular weight excluding hydrogens is 302 g/mol. The summed E-state index contributed by atoms with van der Waals surface area (Å²) in [6, 6.07) is 8.68. The molecule has 1 aromatic heterocycles. The summed E-state index contributed by atoms with van der Waals surface area (Å²) in [6.07, 6.45) is 1.48. The molecule has 1 heterocycles. The second-order valence-corrected chi connectivity index (χ2v) is 6.39. The van der Waals surface area contributed by atoms with E-state index in [4.69, 9.17) is 5.14 Å². The molecule has 20 heavy (non-hydrogen) atoms. The van der Waals surface area contributed by atoms with E-state index in [9.17, 15) is 18.5 Å². The number of nitro groups is 1. The van der Waals surface area contributed by atoms with Gasteiger partial charge < -0.3 is 0 Å². The summed E-state index contributed by atoms with van der Waals surface area (Å²) in [4.78, 5) is 14.8. The zero-order chi connectivity index (χ0) is 14.8. The number of sulfonamides is 1. The number of hydrogen-bond acceptors (Lipinski definition) is 6. The minimum absolute atomic E-state index is 0.00297. The molecule has 2 N–H and O–H groups in total. The van der Waals surface area contributed by atoms with Gasteiger partial charge in [0.25, 0.3) is 0 Å². The van der Waals surface area contributed by atoms with E-state index >= 15 is 0 Å². The number of benzene rings is 1. The molecule has 9 heteroatoms. The van der Waals surface area contributed by atoms with Crippen molar-refractivity contribution >= 4 is 38.3 Å². The number of rotatable bonds is 4. The first-order valence-corrected chi connectivity index (χ1v) is 7.64. The molecule has 0 fully saturated rings. The molecule has 0 radical (unpaired) electrons. The number of primary sulfonamides is 1. The molecular formula is C11H9N3O4S2. The van der Waals surface area contributed by atoms with Gasteiger partial charge in [-0.3, -0.25) is 15.1 Å². The van der Waals surface area contributed by atoms with Crippen LogP contribution in [0.2, 0.25) is 0 Å². The lowest BCUT2D eigenvalue weighted by molar-refractivity contribution is -0.380. The summed E-state index contributed by atoms with van der Waals surface area (Å²) in [5.41, 5.74) is 0.522. The Hall–Kier alpha value is -2.10. The molecule has 0 saturated carbocycles. The molecule has 1 aromatic carbocycles. The summed E-state index contributed by atoms with van der Waals surface area (Å²) >= 11 is 1.00. The SMILES string of the molecule is NS(=O)(=O)c1ccc(N=Cc2ccc([N+](=O)[O-])s2)cc1. The van der Waals surface area contributed by atoms with Gasteiger partial charge in [-0.15, -0.1) is 0 Å². The highest BCUT2D eigenvalue weighted by Gasteiger charge is 2.08. The fourth-order valence-corrected chi connectivity index (χ4v) is 2.58. The van der Waals surface area contributed by atoms with Gasteiger partial charge >= 0.3 is 5.00 Å². The van der Waals surface area contributed by atoms with E-state index in [1.54, 1.807) is 6.07 Å². The maximum Gasteiger partial charge on any atom is 0.324 e. The predicted molar refractivity (Wildman–Crippen MR) is 76.0 cm³/mol. The van der Waals surface area contributed by atoms with Crippen LogP contribution < -0.4 is 5.14 Å². The Labute approximate surface area is 118 Å². The van der Waals surface area contributed by atoms with Crippen molar-refractivity contribution in [3.05, 3.63) is 51.4 Å². The van der Waals surface area contributed by atoms with E-state index in [-0.39, 0.29) is 9.90 Å². The summed E-state index contributed by atoms with van der Waals surface area (Å²) in [6.45, 7) is 0. The van der Waals surface area contributed by atoms with Crippen molar-refractivity contribution in [1.29, 1.82) is 0 Å². The standard InChI is InChI=1S/C11H9N3O4S2/c12-20(17,18)10-4-1-8(2-5-10)13-7-9-3-6-11(19-9)14(15)16/h1-7H,(H2,12,17,18). The Kier molecular flexibility index (Phi) is 3.93. The molecule has 0 unspecified atom stereocenters. The predicted octanol–water partition coefficient (Wildman–Crippen LogP) is 2.05. The largest absolute Gasteiger partial charge is 0.324 e. The van der Waals surface area contributed by atoms with Crippen molar-refractivity contribution in [1.82, 2.24) is 0 Å². The van der Waals surface area contributed by atoms with E-state index in [2.05, 4.69) is 4.99 Å². The highest BCUT2D eigenvalue weighted by Crippen LogP contribution is 2.23. The van der Waals surface area contributed by atoms with Crippen LogP contribution in [0.3, 0.4) is 0 Å². The Bertz CT molecular complexity index is 763. The lowest BCUT2D eigenvalue weighted by Gasteiger charge is -1.97. The third kappa shape index (κ3) is 3.47. The zero-order valence-electron chi connectivity index (χ0n) is 9.96. The lowest BCUT2D eigenvalue weighted by atomic mass is 10.3. The molecule has 0 saturated heterocycles. The van der Waals surface area contributed by atoms with Gasteiger partial charge in [-0.05, 0) is 30.3 Å². The minimum Gasteiger partial charge on any atom is -0.258 e. The molecule has 7 nitrogen and oxygen atoms in total. The van der Waals surface area contributed by atoms with Crippen LogP contribution in [-0.4, -0.2) is 19.6 Å². The van der Waals surface area contributed by atoms with Gasteiger partial charge in [-0.25, -0.2) is 13.6 Å². The van der Waals surface area contributed by atoms with Crippen molar-refractivity contribution < 1.29 is 13.3 Å². The smallest absolute Gasteiger partial charge is 0.258 e. The van der Waals surface area contributed by atoms with E-state index in [1.165, 1.54) is 36.5 Å². The minimum atomic E-state index is -3.72. The molecule has 0 atom stereocenters. The van der Waals surface area contributed by atoms with Crippen LogP contribution >= 0.6 is 11.3 Å². The third-order valence-electron chi connectivity index (χ3n) is 2.30. The monoisotopic (exact) mass is 311 g/mol. The Morgan fingerprint density at radius 3 is 2.35 bits per heavy atom.